The minimum Gasteiger partial charge on any atom is -0.464 e. The van der Waals surface area contributed by atoms with Crippen LogP contribution in [-0.4, -0.2) is 61.3 Å². The van der Waals surface area contributed by atoms with Crippen molar-refractivity contribution in [1.82, 2.24) is 20.6 Å². The minimum absolute atomic E-state index is 0.278. The summed E-state index contributed by atoms with van der Waals surface area (Å²) in [4.78, 5) is 36.4. The number of aromatic nitrogens is 2. The highest BCUT2D eigenvalue weighted by atomic mass is 16.5. The van der Waals surface area contributed by atoms with Gasteiger partial charge in [-0.25, -0.2) is 14.6 Å². The zero-order valence-corrected chi connectivity index (χ0v) is 22.2. The highest BCUT2D eigenvalue weighted by Gasteiger charge is 2.26. The molecular weight excluding hydrogens is 444 g/mol. The number of urea groups is 1. The second kappa shape index (κ2) is 12.9. The predicted octanol–water partition coefficient (Wildman–Crippen LogP) is 3.67. The molecule has 1 aromatic rings. The number of anilines is 2. The van der Waals surface area contributed by atoms with Crippen molar-refractivity contribution in [1.29, 1.82) is 0 Å². The predicted molar refractivity (Wildman–Crippen MR) is 139 cm³/mol. The van der Waals surface area contributed by atoms with Crippen LogP contribution in [0.15, 0.2) is 0 Å². The van der Waals surface area contributed by atoms with E-state index >= 15 is 0 Å². The van der Waals surface area contributed by atoms with E-state index in [4.69, 9.17) is 14.7 Å². The Morgan fingerprint density at radius 2 is 1.80 bits per heavy atom. The molecular formula is C26H44N6O3. The first kappa shape index (κ1) is 27.0. The van der Waals surface area contributed by atoms with Crippen LogP contribution in [0.5, 0.6) is 0 Å². The van der Waals surface area contributed by atoms with E-state index in [2.05, 4.69) is 20.9 Å². The van der Waals surface area contributed by atoms with Crippen molar-refractivity contribution in [3.05, 3.63) is 11.3 Å². The average molecular weight is 489 g/mol. The van der Waals surface area contributed by atoms with Gasteiger partial charge in [0.25, 0.3) is 0 Å². The van der Waals surface area contributed by atoms with Gasteiger partial charge in [0.1, 0.15) is 11.9 Å². The Balaban J connectivity index is 1.46. The normalized spacial score (nSPS) is 20.5. The van der Waals surface area contributed by atoms with Gasteiger partial charge in [-0.05, 0) is 76.5 Å². The number of hydrogen-bond donors (Lipinski definition) is 3. The molecule has 2 aliphatic rings. The molecule has 2 aliphatic carbocycles. The fourth-order valence-electron chi connectivity index (χ4n) is 5.08. The van der Waals surface area contributed by atoms with Crippen LogP contribution in [0.2, 0.25) is 0 Å². The Bertz CT molecular complexity index is 852. The van der Waals surface area contributed by atoms with Crippen molar-refractivity contribution in [2.45, 2.75) is 90.6 Å². The van der Waals surface area contributed by atoms with Crippen molar-refractivity contribution in [2.75, 3.05) is 37.5 Å². The zero-order valence-electron chi connectivity index (χ0n) is 22.2. The number of aryl methyl sites for hydroxylation is 1. The Kier molecular flexibility index (Phi) is 9.98. The third-order valence-electron chi connectivity index (χ3n) is 6.90. The first-order chi connectivity index (χ1) is 16.8. The molecule has 0 unspecified atom stereocenters. The minimum atomic E-state index is -0.612. The maximum atomic E-state index is 12.4. The molecule has 1 heterocycles. The van der Waals surface area contributed by atoms with E-state index in [1.807, 2.05) is 27.9 Å². The molecule has 1 saturated carbocycles. The number of nitrogens with one attached hydrogen (secondary N) is 3. The monoisotopic (exact) mass is 488 g/mol. The fraction of sp³-hybridized carbons (Fsp3) is 0.769. The first-order valence-electron chi connectivity index (χ1n) is 13.3. The molecule has 0 spiro atoms. The summed E-state index contributed by atoms with van der Waals surface area (Å²) in [6.45, 7) is 6.73. The summed E-state index contributed by atoms with van der Waals surface area (Å²) in [6, 6.07) is -0.572. The molecule has 1 aromatic heterocycles. The number of carbonyl (C=O) groups excluding carboxylic acids is 2. The third-order valence-corrected chi connectivity index (χ3v) is 6.90. The Hall–Kier alpha value is -2.58. The fourth-order valence-corrected chi connectivity index (χ4v) is 5.08. The highest BCUT2D eigenvalue weighted by molar-refractivity contribution is 5.83. The lowest BCUT2D eigenvalue weighted by molar-refractivity contribution is -0.145. The maximum Gasteiger partial charge on any atom is 0.328 e. The Morgan fingerprint density at radius 1 is 1.09 bits per heavy atom. The molecule has 9 heteroatoms. The van der Waals surface area contributed by atoms with Crippen molar-refractivity contribution >= 4 is 23.8 Å². The van der Waals surface area contributed by atoms with Gasteiger partial charge in [-0.3, -0.25) is 0 Å². The molecule has 0 bridgehead atoms. The number of amides is 2. The summed E-state index contributed by atoms with van der Waals surface area (Å²) in [6.07, 6.45) is 9.14. The van der Waals surface area contributed by atoms with Crippen LogP contribution in [-0.2, 0) is 22.4 Å². The van der Waals surface area contributed by atoms with Crippen LogP contribution in [0.25, 0.3) is 0 Å². The number of ether oxygens (including phenoxy) is 1. The molecule has 1 fully saturated rings. The lowest BCUT2D eigenvalue weighted by atomic mass is 9.86. The lowest BCUT2D eigenvalue weighted by Gasteiger charge is -2.30. The molecule has 0 saturated heterocycles. The topological polar surface area (TPSA) is 108 Å². The van der Waals surface area contributed by atoms with Crippen LogP contribution >= 0.6 is 0 Å². The van der Waals surface area contributed by atoms with E-state index in [0.717, 1.165) is 50.3 Å². The molecule has 1 atom stereocenters. The van der Waals surface area contributed by atoms with Gasteiger partial charge in [-0.2, -0.15) is 4.98 Å². The number of carbonyl (C=O) groups is 2. The van der Waals surface area contributed by atoms with E-state index in [0.29, 0.717) is 31.5 Å². The van der Waals surface area contributed by atoms with Crippen molar-refractivity contribution in [3.8, 4) is 0 Å². The van der Waals surface area contributed by atoms with Crippen molar-refractivity contribution < 1.29 is 14.3 Å². The summed E-state index contributed by atoms with van der Waals surface area (Å²) >= 11 is 0. The van der Waals surface area contributed by atoms with E-state index in [-0.39, 0.29) is 17.9 Å². The number of esters is 1. The van der Waals surface area contributed by atoms with Crippen LogP contribution in [0.3, 0.4) is 0 Å². The molecule has 3 rings (SSSR count). The molecule has 2 amide bonds. The van der Waals surface area contributed by atoms with E-state index < -0.39 is 6.04 Å². The van der Waals surface area contributed by atoms with Crippen molar-refractivity contribution in [3.63, 3.8) is 0 Å². The lowest BCUT2D eigenvalue weighted by Crippen LogP contribution is -2.48. The molecule has 0 aromatic carbocycles. The van der Waals surface area contributed by atoms with Gasteiger partial charge in [0.2, 0.25) is 5.95 Å². The van der Waals surface area contributed by atoms with Gasteiger partial charge in [0.05, 0.1) is 12.3 Å². The van der Waals surface area contributed by atoms with Crippen LogP contribution in [0.4, 0.5) is 16.6 Å². The average Bonchev–Trinajstić information content (AvgIpc) is 2.82. The number of nitrogens with zero attached hydrogens (tertiary/aromatic N) is 3. The summed E-state index contributed by atoms with van der Waals surface area (Å²) in [5.41, 5.74) is 2.50. The molecule has 3 N–H and O–H groups in total. The van der Waals surface area contributed by atoms with Gasteiger partial charge in [-0.15, -0.1) is 0 Å². The van der Waals surface area contributed by atoms with Crippen molar-refractivity contribution in [2.24, 2.45) is 11.8 Å². The van der Waals surface area contributed by atoms with E-state index in [1.165, 1.54) is 24.1 Å². The SMILES string of the molecule is CCOC(=O)[C@H](CC(C)C)NC(=O)NC[C@H]1CC[C@@H](Nc2nc3c(c(N(C)C)n2)CCCC3)CC1. The standard InChI is InChI=1S/C26H44N6O3/c1-6-35-24(33)22(15-17(2)3)30-26(34)27-16-18-11-13-19(14-12-18)28-25-29-21-10-8-7-9-20(21)23(31-25)32(4)5/h17-19,22H,6-16H2,1-5H3,(H2,27,30,34)(H,28,29,31)/t18-,19+,22-/m0/s1. The summed E-state index contributed by atoms with van der Waals surface area (Å²) in [5.74, 6) is 2.11. The Labute approximate surface area is 210 Å². The van der Waals surface area contributed by atoms with Gasteiger partial charge >= 0.3 is 12.0 Å². The van der Waals surface area contributed by atoms with Crippen LogP contribution in [0, 0.1) is 11.8 Å². The van der Waals surface area contributed by atoms with Gasteiger partial charge in [0, 0.05) is 32.2 Å². The molecule has 9 nitrogen and oxygen atoms in total. The smallest absolute Gasteiger partial charge is 0.328 e. The quantitative estimate of drug-likeness (QED) is 0.431. The molecule has 0 aliphatic heterocycles. The van der Waals surface area contributed by atoms with Gasteiger partial charge in [0.15, 0.2) is 0 Å². The van der Waals surface area contributed by atoms with Gasteiger partial charge < -0.3 is 25.6 Å². The van der Waals surface area contributed by atoms with Crippen LogP contribution < -0.4 is 20.9 Å². The number of rotatable bonds is 10. The van der Waals surface area contributed by atoms with Gasteiger partial charge in [-0.1, -0.05) is 13.8 Å². The number of hydrogen-bond acceptors (Lipinski definition) is 7. The summed E-state index contributed by atoms with van der Waals surface area (Å²) in [7, 11) is 4.10. The summed E-state index contributed by atoms with van der Waals surface area (Å²) in [5, 5.41) is 9.34. The largest absolute Gasteiger partial charge is 0.464 e. The van der Waals surface area contributed by atoms with Crippen LogP contribution in [0.1, 0.15) is 77.0 Å². The molecule has 0 radical (unpaired) electrons. The number of fused-ring (bicyclic) bond motifs is 1. The highest BCUT2D eigenvalue weighted by Crippen LogP contribution is 2.30. The second-order valence-electron chi connectivity index (χ2n) is 10.5. The van der Waals surface area contributed by atoms with E-state index in [1.54, 1.807) is 6.92 Å². The molecule has 196 valence electrons. The van der Waals surface area contributed by atoms with E-state index in [9.17, 15) is 9.59 Å². The second-order valence-corrected chi connectivity index (χ2v) is 10.5. The maximum absolute atomic E-state index is 12.4. The third kappa shape index (κ3) is 7.97. The first-order valence-corrected chi connectivity index (χ1v) is 13.3. The summed E-state index contributed by atoms with van der Waals surface area (Å²) < 4.78 is 5.11. The molecule has 35 heavy (non-hydrogen) atoms. The zero-order chi connectivity index (χ0) is 25.4. The Morgan fingerprint density at radius 3 is 2.46 bits per heavy atom.